The molecule has 1 fully saturated rings. The van der Waals surface area contributed by atoms with Crippen LogP contribution in [0.25, 0.3) is 0 Å². The molecule has 0 radical (unpaired) electrons. The van der Waals surface area contributed by atoms with E-state index >= 15 is 0 Å². The highest BCUT2D eigenvalue weighted by atomic mass is 16.5. The first-order valence-corrected chi connectivity index (χ1v) is 6.93. The van der Waals surface area contributed by atoms with Crippen molar-refractivity contribution in [2.24, 2.45) is 0 Å². The number of piperazine rings is 1. The average molecular weight is 294 g/mol. The average Bonchev–Trinajstić information content (AvgIpc) is 2.54. The molecule has 1 aromatic heterocycles. The highest BCUT2D eigenvalue weighted by Crippen LogP contribution is 2.30. The minimum absolute atomic E-state index is 0.00376. The molecule has 1 atom stereocenters. The summed E-state index contributed by atoms with van der Waals surface area (Å²) in [5.41, 5.74) is 0.771. The van der Waals surface area contributed by atoms with E-state index in [-0.39, 0.29) is 11.9 Å². The Morgan fingerprint density at radius 1 is 1.52 bits per heavy atom. The number of carbonyl (C=O) groups excluding carboxylic acids is 1. The van der Waals surface area contributed by atoms with Gasteiger partial charge in [0, 0.05) is 45.5 Å². The summed E-state index contributed by atoms with van der Waals surface area (Å²) in [4.78, 5) is 18.4. The molecule has 2 N–H and O–H groups in total. The number of hydrogen-bond donors (Lipinski definition) is 2. The topological polar surface area (TPSA) is 75.7 Å². The van der Waals surface area contributed by atoms with E-state index in [0.29, 0.717) is 24.6 Å². The van der Waals surface area contributed by atoms with Crippen molar-refractivity contribution >= 4 is 5.91 Å². The molecule has 2 heterocycles. The molecule has 1 amide bonds. The van der Waals surface area contributed by atoms with Gasteiger partial charge in [-0.1, -0.05) is 0 Å². The lowest BCUT2D eigenvalue weighted by Gasteiger charge is -2.34. The summed E-state index contributed by atoms with van der Waals surface area (Å²) in [6.45, 7) is 2.80. The van der Waals surface area contributed by atoms with Gasteiger partial charge in [0.15, 0.2) is 11.5 Å². The maximum Gasteiger partial charge on any atom is 0.238 e. The molecule has 1 aromatic rings. The number of amides is 1. The fourth-order valence-electron chi connectivity index (χ4n) is 2.52. The van der Waals surface area contributed by atoms with Gasteiger partial charge in [-0.3, -0.25) is 14.7 Å². The molecular formula is C14H22N4O3. The molecule has 2 rings (SSSR count). The molecule has 0 aliphatic carbocycles. The molecule has 7 nitrogen and oxygen atoms in total. The van der Waals surface area contributed by atoms with Gasteiger partial charge in [-0.05, 0) is 0 Å². The van der Waals surface area contributed by atoms with Gasteiger partial charge in [0.2, 0.25) is 5.91 Å². The molecule has 7 heteroatoms. The van der Waals surface area contributed by atoms with Crippen molar-refractivity contribution < 1.29 is 14.3 Å². The van der Waals surface area contributed by atoms with Crippen LogP contribution in [0.5, 0.6) is 11.5 Å². The van der Waals surface area contributed by atoms with Crippen molar-refractivity contribution in [2.45, 2.75) is 12.6 Å². The van der Waals surface area contributed by atoms with Gasteiger partial charge in [-0.15, -0.1) is 0 Å². The van der Waals surface area contributed by atoms with Crippen LogP contribution in [0.15, 0.2) is 12.3 Å². The minimum atomic E-state index is -0.207. The monoisotopic (exact) mass is 294 g/mol. The molecule has 0 aromatic carbocycles. The van der Waals surface area contributed by atoms with Gasteiger partial charge < -0.3 is 20.1 Å². The van der Waals surface area contributed by atoms with Crippen LogP contribution in [-0.4, -0.2) is 62.7 Å². The Morgan fingerprint density at radius 3 is 3.00 bits per heavy atom. The van der Waals surface area contributed by atoms with Crippen LogP contribution >= 0.6 is 0 Å². The third kappa shape index (κ3) is 3.43. The molecular weight excluding hydrogens is 272 g/mol. The Hall–Kier alpha value is -1.86. The quantitative estimate of drug-likeness (QED) is 0.771. The second-order valence-corrected chi connectivity index (χ2v) is 4.80. The van der Waals surface area contributed by atoms with Crippen molar-refractivity contribution in [1.29, 1.82) is 0 Å². The summed E-state index contributed by atoms with van der Waals surface area (Å²) < 4.78 is 10.7. The number of methoxy groups -OCH3 is 2. The van der Waals surface area contributed by atoms with Crippen LogP contribution in [0.1, 0.15) is 5.69 Å². The number of likely N-dealkylation sites (N-methyl/N-ethyl adjacent to an activating group) is 1. The molecule has 1 saturated heterocycles. The lowest BCUT2D eigenvalue weighted by Crippen LogP contribution is -2.57. The number of carbonyl (C=O) groups is 1. The smallest absolute Gasteiger partial charge is 0.238 e. The number of nitrogens with one attached hydrogen (secondary N) is 2. The number of pyridine rings is 1. The van der Waals surface area contributed by atoms with E-state index in [1.165, 1.54) is 0 Å². The Balaban J connectivity index is 2.21. The molecule has 1 aliphatic rings. The first-order chi connectivity index (χ1) is 10.2. The zero-order chi connectivity index (χ0) is 15.2. The van der Waals surface area contributed by atoms with Gasteiger partial charge in [0.1, 0.15) is 11.7 Å². The number of aromatic nitrogens is 1. The molecule has 0 saturated carbocycles. The minimum Gasteiger partial charge on any atom is -0.493 e. The fraction of sp³-hybridized carbons (Fsp3) is 0.571. The predicted molar refractivity (Wildman–Crippen MR) is 78.5 cm³/mol. The Morgan fingerprint density at radius 2 is 2.33 bits per heavy atom. The number of rotatable bonds is 5. The summed E-state index contributed by atoms with van der Waals surface area (Å²) in [7, 11) is 4.84. The second kappa shape index (κ2) is 7.24. The maximum atomic E-state index is 12.0. The van der Waals surface area contributed by atoms with E-state index in [2.05, 4.69) is 20.5 Å². The van der Waals surface area contributed by atoms with Crippen LogP contribution in [0.3, 0.4) is 0 Å². The Labute approximate surface area is 124 Å². The molecule has 1 unspecified atom stereocenters. The summed E-state index contributed by atoms with van der Waals surface area (Å²) in [6, 6.07) is 1.55. The number of hydrogen-bond acceptors (Lipinski definition) is 6. The molecule has 0 spiro atoms. The number of nitrogens with zero attached hydrogens (tertiary/aromatic N) is 2. The highest BCUT2D eigenvalue weighted by Gasteiger charge is 2.29. The molecule has 116 valence electrons. The SMILES string of the molecule is CNC(=O)C1CNCCN1Cc1nccc(OC)c1OC. The van der Waals surface area contributed by atoms with Crippen molar-refractivity contribution in [2.75, 3.05) is 40.9 Å². The van der Waals surface area contributed by atoms with E-state index in [9.17, 15) is 4.79 Å². The van der Waals surface area contributed by atoms with Crippen LogP contribution in [0.4, 0.5) is 0 Å². The van der Waals surface area contributed by atoms with E-state index < -0.39 is 0 Å². The van der Waals surface area contributed by atoms with Crippen molar-refractivity contribution in [3.63, 3.8) is 0 Å². The first-order valence-electron chi connectivity index (χ1n) is 6.93. The van der Waals surface area contributed by atoms with Gasteiger partial charge in [-0.25, -0.2) is 0 Å². The van der Waals surface area contributed by atoms with Crippen molar-refractivity contribution in [3.8, 4) is 11.5 Å². The van der Waals surface area contributed by atoms with Gasteiger partial charge in [0.05, 0.1) is 14.2 Å². The normalized spacial score (nSPS) is 19.1. The summed E-state index contributed by atoms with van der Waals surface area (Å²) in [5.74, 6) is 1.27. The van der Waals surface area contributed by atoms with Crippen molar-refractivity contribution in [1.82, 2.24) is 20.5 Å². The van der Waals surface area contributed by atoms with Crippen LogP contribution < -0.4 is 20.1 Å². The second-order valence-electron chi connectivity index (χ2n) is 4.80. The van der Waals surface area contributed by atoms with Gasteiger partial charge >= 0.3 is 0 Å². The maximum absolute atomic E-state index is 12.0. The van der Waals surface area contributed by atoms with Crippen LogP contribution in [0.2, 0.25) is 0 Å². The van der Waals surface area contributed by atoms with Crippen LogP contribution in [0, 0.1) is 0 Å². The van der Waals surface area contributed by atoms with E-state index in [1.807, 2.05) is 0 Å². The fourth-order valence-corrected chi connectivity index (χ4v) is 2.52. The highest BCUT2D eigenvalue weighted by molar-refractivity contribution is 5.81. The van der Waals surface area contributed by atoms with E-state index in [4.69, 9.17) is 9.47 Å². The summed E-state index contributed by atoms with van der Waals surface area (Å²) >= 11 is 0. The zero-order valence-electron chi connectivity index (χ0n) is 12.7. The third-order valence-electron chi connectivity index (χ3n) is 3.62. The van der Waals surface area contributed by atoms with E-state index in [0.717, 1.165) is 18.8 Å². The molecule has 0 bridgehead atoms. The Bertz CT molecular complexity index is 495. The van der Waals surface area contributed by atoms with Crippen LogP contribution in [-0.2, 0) is 11.3 Å². The molecule has 21 heavy (non-hydrogen) atoms. The zero-order valence-corrected chi connectivity index (χ0v) is 12.7. The summed E-state index contributed by atoms with van der Waals surface area (Å²) in [5, 5.41) is 5.94. The lowest BCUT2D eigenvalue weighted by atomic mass is 10.1. The lowest BCUT2D eigenvalue weighted by molar-refractivity contribution is -0.126. The Kier molecular flexibility index (Phi) is 5.35. The van der Waals surface area contributed by atoms with E-state index in [1.54, 1.807) is 33.5 Å². The number of ether oxygens (including phenoxy) is 2. The van der Waals surface area contributed by atoms with Gasteiger partial charge in [-0.2, -0.15) is 0 Å². The predicted octanol–water partition coefficient (Wildman–Crippen LogP) is -0.381. The third-order valence-corrected chi connectivity index (χ3v) is 3.62. The van der Waals surface area contributed by atoms with Gasteiger partial charge in [0.25, 0.3) is 0 Å². The first kappa shape index (κ1) is 15.5. The van der Waals surface area contributed by atoms with Crippen molar-refractivity contribution in [3.05, 3.63) is 18.0 Å². The largest absolute Gasteiger partial charge is 0.493 e. The standard InChI is InChI=1S/C14H22N4O3/c1-15-14(19)11-8-16-6-7-18(11)9-10-13(21-3)12(20-2)4-5-17-10/h4-5,11,16H,6-9H2,1-3H3,(H,15,19). The molecule has 1 aliphatic heterocycles. The summed E-state index contributed by atoms with van der Waals surface area (Å²) in [6.07, 6.45) is 1.69.